The monoisotopic (exact) mass is 354 g/mol. The van der Waals surface area contributed by atoms with Crippen molar-refractivity contribution in [2.24, 2.45) is 4.99 Å². The van der Waals surface area contributed by atoms with Crippen LogP contribution < -0.4 is 10.6 Å². The van der Waals surface area contributed by atoms with Crippen LogP contribution in [0.3, 0.4) is 0 Å². The molecule has 2 heterocycles. The van der Waals surface area contributed by atoms with Gasteiger partial charge in [-0.3, -0.25) is 0 Å². The quantitative estimate of drug-likeness (QED) is 0.504. The third-order valence-corrected chi connectivity index (χ3v) is 4.32. The molecule has 0 spiro atoms. The number of aromatic nitrogens is 3. The van der Waals surface area contributed by atoms with Gasteiger partial charge in [-0.25, -0.2) is 4.99 Å². The van der Waals surface area contributed by atoms with Crippen LogP contribution in [0.1, 0.15) is 31.0 Å². The van der Waals surface area contributed by atoms with Gasteiger partial charge in [0.15, 0.2) is 5.96 Å². The molecule has 7 heteroatoms. The number of nitrogens with zero attached hydrogens (tertiary/aromatic N) is 4. The van der Waals surface area contributed by atoms with Crippen LogP contribution in [0.4, 0.5) is 0 Å². The molecule has 1 aromatic carbocycles. The molecule has 0 atom stereocenters. The average molecular weight is 354 g/mol. The summed E-state index contributed by atoms with van der Waals surface area (Å²) in [5, 5.41) is 15.8. The van der Waals surface area contributed by atoms with Crippen molar-refractivity contribution in [3.8, 4) is 0 Å². The van der Waals surface area contributed by atoms with Gasteiger partial charge >= 0.3 is 0 Å². The standard InChI is InChI=1S/C19H26N6O/c1-4-18-24-23-13-25(18)11-10-21-19(20-5-2)22-12-17-14(3)15-8-6-7-9-16(15)26-17/h6-9,13H,4-5,10-12H2,1-3H3,(H2,20,21,22). The molecule has 0 saturated heterocycles. The minimum atomic E-state index is 0.503. The first kappa shape index (κ1) is 18.0. The molecule has 0 bridgehead atoms. The maximum atomic E-state index is 5.94. The number of hydrogen-bond acceptors (Lipinski definition) is 4. The first-order valence-electron chi connectivity index (χ1n) is 9.08. The fraction of sp³-hybridized carbons (Fsp3) is 0.421. The van der Waals surface area contributed by atoms with E-state index in [4.69, 9.17) is 4.42 Å². The highest BCUT2D eigenvalue weighted by Crippen LogP contribution is 2.25. The van der Waals surface area contributed by atoms with Gasteiger partial charge in [0.25, 0.3) is 0 Å². The number of guanidine groups is 1. The van der Waals surface area contributed by atoms with Crippen LogP contribution >= 0.6 is 0 Å². The molecule has 2 N–H and O–H groups in total. The third kappa shape index (κ3) is 4.04. The number of nitrogens with one attached hydrogen (secondary N) is 2. The fourth-order valence-corrected chi connectivity index (χ4v) is 2.90. The summed E-state index contributed by atoms with van der Waals surface area (Å²) >= 11 is 0. The first-order chi connectivity index (χ1) is 12.7. The lowest BCUT2D eigenvalue weighted by molar-refractivity contribution is 0.547. The van der Waals surface area contributed by atoms with E-state index in [0.29, 0.717) is 6.54 Å². The second kappa shape index (κ2) is 8.51. The number of benzene rings is 1. The van der Waals surface area contributed by atoms with Crippen LogP contribution in [0, 0.1) is 6.92 Å². The Morgan fingerprint density at radius 1 is 1.23 bits per heavy atom. The summed E-state index contributed by atoms with van der Waals surface area (Å²) in [5.41, 5.74) is 2.06. The summed E-state index contributed by atoms with van der Waals surface area (Å²) in [7, 11) is 0. The molecule has 2 aromatic heterocycles. The lowest BCUT2D eigenvalue weighted by Gasteiger charge is -2.12. The predicted molar refractivity (Wildman–Crippen MR) is 103 cm³/mol. The minimum absolute atomic E-state index is 0.503. The van der Waals surface area contributed by atoms with Crippen molar-refractivity contribution in [3.63, 3.8) is 0 Å². The van der Waals surface area contributed by atoms with Gasteiger partial charge in [0.05, 0.1) is 0 Å². The summed E-state index contributed by atoms with van der Waals surface area (Å²) < 4.78 is 7.99. The lowest BCUT2D eigenvalue weighted by atomic mass is 10.1. The largest absolute Gasteiger partial charge is 0.459 e. The topological polar surface area (TPSA) is 80.3 Å². The molecule has 3 rings (SSSR count). The van der Waals surface area contributed by atoms with Crippen molar-refractivity contribution in [2.45, 2.75) is 40.3 Å². The number of rotatable bonds is 7. The van der Waals surface area contributed by atoms with Gasteiger partial charge in [-0.15, -0.1) is 10.2 Å². The average Bonchev–Trinajstić information content (AvgIpc) is 3.24. The molecule has 0 radical (unpaired) electrons. The molecular weight excluding hydrogens is 328 g/mol. The second-order valence-electron chi connectivity index (χ2n) is 6.06. The van der Waals surface area contributed by atoms with E-state index in [1.807, 2.05) is 18.2 Å². The minimum Gasteiger partial charge on any atom is -0.459 e. The van der Waals surface area contributed by atoms with Crippen LogP contribution in [-0.2, 0) is 19.5 Å². The molecule has 0 saturated carbocycles. The highest BCUT2D eigenvalue weighted by atomic mass is 16.3. The Hall–Kier alpha value is -2.83. The van der Waals surface area contributed by atoms with Gasteiger partial charge in [-0.2, -0.15) is 0 Å². The zero-order valence-corrected chi connectivity index (χ0v) is 15.6. The molecule has 0 amide bonds. The summed E-state index contributed by atoms with van der Waals surface area (Å²) in [6.07, 6.45) is 2.64. The molecule has 138 valence electrons. The Balaban J connectivity index is 1.63. The zero-order chi connectivity index (χ0) is 18.4. The zero-order valence-electron chi connectivity index (χ0n) is 15.6. The van der Waals surface area contributed by atoms with Crippen LogP contribution in [0.25, 0.3) is 11.0 Å². The van der Waals surface area contributed by atoms with Crippen molar-refractivity contribution in [1.29, 1.82) is 0 Å². The normalized spacial score (nSPS) is 11.9. The van der Waals surface area contributed by atoms with Crippen molar-refractivity contribution < 1.29 is 4.42 Å². The molecule has 0 aliphatic rings. The fourth-order valence-electron chi connectivity index (χ4n) is 2.90. The number of aliphatic imine (C=N–C) groups is 1. The Bertz CT molecular complexity index is 879. The highest BCUT2D eigenvalue weighted by Gasteiger charge is 2.09. The van der Waals surface area contributed by atoms with E-state index < -0.39 is 0 Å². The van der Waals surface area contributed by atoms with Gasteiger partial charge in [0.2, 0.25) is 0 Å². The highest BCUT2D eigenvalue weighted by molar-refractivity contribution is 5.82. The summed E-state index contributed by atoms with van der Waals surface area (Å²) in [4.78, 5) is 4.66. The Morgan fingerprint density at radius 3 is 2.85 bits per heavy atom. The molecule has 0 fully saturated rings. The SMILES string of the molecule is CCNC(=NCc1oc2ccccc2c1C)NCCn1cnnc1CC. The predicted octanol–water partition coefficient (Wildman–Crippen LogP) is 2.65. The van der Waals surface area contributed by atoms with Gasteiger partial charge < -0.3 is 19.6 Å². The van der Waals surface area contributed by atoms with E-state index in [1.54, 1.807) is 6.33 Å². The molecule has 0 unspecified atom stereocenters. The number of furan rings is 1. The van der Waals surface area contributed by atoms with Crippen LogP contribution in [-0.4, -0.2) is 33.8 Å². The van der Waals surface area contributed by atoms with Gasteiger partial charge in [0, 0.05) is 37.0 Å². The molecule has 7 nitrogen and oxygen atoms in total. The Labute approximate surface area is 153 Å². The van der Waals surface area contributed by atoms with Crippen molar-refractivity contribution in [2.75, 3.05) is 13.1 Å². The summed E-state index contributed by atoms with van der Waals surface area (Å²) in [5.74, 6) is 2.67. The first-order valence-corrected chi connectivity index (χ1v) is 9.08. The second-order valence-corrected chi connectivity index (χ2v) is 6.06. The number of aryl methyl sites for hydroxylation is 2. The Morgan fingerprint density at radius 2 is 2.08 bits per heavy atom. The van der Waals surface area contributed by atoms with Gasteiger partial charge in [-0.1, -0.05) is 25.1 Å². The van der Waals surface area contributed by atoms with Crippen molar-refractivity contribution >= 4 is 16.9 Å². The molecule has 26 heavy (non-hydrogen) atoms. The third-order valence-electron chi connectivity index (χ3n) is 4.32. The van der Waals surface area contributed by atoms with E-state index in [-0.39, 0.29) is 0 Å². The van der Waals surface area contributed by atoms with Crippen molar-refractivity contribution in [1.82, 2.24) is 25.4 Å². The Kier molecular flexibility index (Phi) is 5.88. The van der Waals surface area contributed by atoms with Gasteiger partial charge in [0.1, 0.15) is 30.0 Å². The van der Waals surface area contributed by atoms with E-state index in [1.165, 1.54) is 0 Å². The molecular formula is C19H26N6O. The maximum absolute atomic E-state index is 5.94. The smallest absolute Gasteiger partial charge is 0.191 e. The van der Waals surface area contributed by atoms with E-state index in [9.17, 15) is 0 Å². The van der Waals surface area contributed by atoms with Crippen LogP contribution in [0.5, 0.6) is 0 Å². The van der Waals surface area contributed by atoms with Crippen LogP contribution in [0.2, 0.25) is 0 Å². The summed E-state index contributed by atoms with van der Waals surface area (Å²) in [6.45, 7) is 9.06. The van der Waals surface area contributed by atoms with E-state index >= 15 is 0 Å². The van der Waals surface area contributed by atoms with Crippen molar-refractivity contribution in [3.05, 3.63) is 47.7 Å². The summed E-state index contributed by atoms with van der Waals surface area (Å²) in [6, 6.07) is 8.08. The maximum Gasteiger partial charge on any atom is 0.191 e. The number of para-hydroxylation sites is 1. The van der Waals surface area contributed by atoms with Gasteiger partial charge in [-0.05, 0) is 19.9 Å². The van der Waals surface area contributed by atoms with Crippen LogP contribution in [0.15, 0.2) is 40.0 Å². The molecule has 0 aliphatic carbocycles. The number of hydrogen-bond donors (Lipinski definition) is 2. The van der Waals surface area contributed by atoms with E-state index in [0.717, 1.165) is 60.1 Å². The number of fused-ring (bicyclic) bond motifs is 1. The van der Waals surface area contributed by atoms with E-state index in [2.05, 4.69) is 57.2 Å². The lowest BCUT2D eigenvalue weighted by Crippen LogP contribution is -2.38. The molecule has 0 aliphatic heterocycles. The molecule has 3 aromatic rings.